The van der Waals surface area contributed by atoms with Crippen LogP contribution in [0.2, 0.25) is 0 Å². The number of nitrogens with zero attached hydrogens (tertiary/aromatic N) is 3. The lowest BCUT2D eigenvalue weighted by Gasteiger charge is -2.36. The quantitative estimate of drug-likeness (QED) is 0.853. The maximum atomic E-state index is 12.8. The summed E-state index contributed by atoms with van der Waals surface area (Å²) in [6.07, 6.45) is 6.21. The van der Waals surface area contributed by atoms with E-state index in [1.165, 1.54) is 25.6 Å². The van der Waals surface area contributed by atoms with Crippen molar-refractivity contribution in [3.05, 3.63) is 47.9 Å². The second kappa shape index (κ2) is 8.30. The fourth-order valence-corrected chi connectivity index (χ4v) is 3.66. The Hall–Kier alpha value is -2.43. The average Bonchev–Trinajstić information content (AvgIpc) is 2.68. The molecule has 138 valence electrons. The maximum Gasteiger partial charge on any atom is 0.274 e. The van der Waals surface area contributed by atoms with Crippen molar-refractivity contribution in [1.82, 2.24) is 9.97 Å². The molecule has 0 bridgehead atoms. The molecule has 1 saturated heterocycles. The van der Waals surface area contributed by atoms with E-state index < -0.39 is 0 Å². The Balaban J connectivity index is 1.81. The van der Waals surface area contributed by atoms with Gasteiger partial charge in [-0.3, -0.25) is 4.79 Å². The van der Waals surface area contributed by atoms with E-state index in [-0.39, 0.29) is 5.91 Å². The minimum Gasteiger partial charge on any atom is -0.354 e. The van der Waals surface area contributed by atoms with E-state index in [1.807, 2.05) is 30.3 Å². The second-order valence-electron chi connectivity index (χ2n) is 7.21. The van der Waals surface area contributed by atoms with Crippen LogP contribution in [0.25, 0.3) is 0 Å². The number of hydrogen-bond donors (Lipinski definition) is 1. The molecule has 1 aliphatic heterocycles. The molecule has 1 aromatic carbocycles. The lowest BCUT2D eigenvalue weighted by atomic mass is 10.00. The van der Waals surface area contributed by atoms with Gasteiger partial charge in [-0.25, -0.2) is 9.97 Å². The topological polar surface area (TPSA) is 58.1 Å². The highest BCUT2D eigenvalue weighted by Gasteiger charge is 2.23. The van der Waals surface area contributed by atoms with Crippen LogP contribution in [0.5, 0.6) is 0 Å². The van der Waals surface area contributed by atoms with Crippen molar-refractivity contribution < 1.29 is 4.79 Å². The van der Waals surface area contributed by atoms with Crippen molar-refractivity contribution in [1.29, 1.82) is 0 Å². The summed E-state index contributed by atoms with van der Waals surface area (Å²) in [7, 11) is 0. The highest BCUT2D eigenvalue weighted by Crippen LogP contribution is 2.26. The number of anilines is 2. The Bertz CT molecular complexity index is 759. The fraction of sp³-hybridized carbons (Fsp3) is 0.476. The van der Waals surface area contributed by atoms with Gasteiger partial charge >= 0.3 is 0 Å². The average molecular weight is 352 g/mol. The molecule has 1 unspecified atom stereocenters. The number of para-hydroxylation sites is 1. The zero-order valence-corrected chi connectivity index (χ0v) is 15.9. The molecule has 1 amide bonds. The smallest absolute Gasteiger partial charge is 0.274 e. The van der Waals surface area contributed by atoms with Crippen molar-refractivity contribution >= 4 is 17.4 Å². The van der Waals surface area contributed by atoms with Crippen LogP contribution in [0.1, 0.15) is 68.4 Å². The third-order valence-corrected chi connectivity index (χ3v) is 5.11. The molecule has 1 aromatic heterocycles. The first-order chi connectivity index (χ1) is 12.6. The summed E-state index contributed by atoms with van der Waals surface area (Å²) >= 11 is 0. The SMILES string of the molecule is CCC1CCCCN1c1cc(C(=O)Nc2ccccc2C(C)C)ncn1. The lowest BCUT2D eigenvalue weighted by molar-refractivity contribution is 0.102. The normalized spacial score (nSPS) is 17.4. The standard InChI is InChI=1S/C21H28N4O/c1-4-16-9-7-8-12-25(16)20-13-19(22-14-23-20)21(26)24-18-11-6-5-10-17(18)15(2)3/h5-6,10-11,13-16H,4,7-9,12H2,1-3H3,(H,24,26). The molecule has 5 nitrogen and oxygen atoms in total. The summed E-state index contributed by atoms with van der Waals surface area (Å²) < 4.78 is 0. The van der Waals surface area contributed by atoms with E-state index in [0.29, 0.717) is 17.7 Å². The summed E-state index contributed by atoms with van der Waals surface area (Å²) in [6.45, 7) is 7.44. The molecule has 2 aromatic rings. The number of carbonyl (C=O) groups is 1. The Morgan fingerprint density at radius 1 is 1.27 bits per heavy atom. The third-order valence-electron chi connectivity index (χ3n) is 5.11. The van der Waals surface area contributed by atoms with Crippen molar-refractivity contribution in [3.8, 4) is 0 Å². The molecule has 1 N–H and O–H groups in total. The van der Waals surface area contributed by atoms with E-state index in [2.05, 4.69) is 41.0 Å². The predicted octanol–water partition coefficient (Wildman–Crippen LogP) is 4.62. The van der Waals surface area contributed by atoms with Crippen LogP contribution in [-0.4, -0.2) is 28.5 Å². The Labute approximate surface area is 155 Å². The number of hydrogen-bond acceptors (Lipinski definition) is 4. The first-order valence-corrected chi connectivity index (χ1v) is 9.59. The minimum atomic E-state index is -0.188. The fourth-order valence-electron chi connectivity index (χ4n) is 3.66. The molecule has 0 radical (unpaired) electrons. The van der Waals surface area contributed by atoms with Gasteiger partial charge in [0.15, 0.2) is 0 Å². The second-order valence-corrected chi connectivity index (χ2v) is 7.21. The molecule has 2 heterocycles. The van der Waals surface area contributed by atoms with Gasteiger partial charge in [0.2, 0.25) is 0 Å². The summed E-state index contributed by atoms with van der Waals surface area (Å²) in [5, 5.41) is 3.02. The van der Waals surface area contributed by atoms with Crippen LogP contribution >= 0.6 is 0 Å². The summed E-state index contributed by atoms with van der Waals surface area (Å²) in [5.74, 6) is 1.01. The Morgan fingerprint density at radius 2 is 2.08 bits per heavy atom. The minimum absolute atomic E-state index is 0.188. The number of carbonyl (C=O) groups excluding carboxylic acids is 1. The summed E-state index contributed by atoms with van der Waals surface area (Å²) in [6, 6.07) is 10.2. The van der Waals surface area contributed by atoms with Gasteiger partial charge in [0.25, 0.3) is 5.91 Å². The molecule has 3 rings (SSSR count). The van der Waals surface area contributed by atoms with Gasteiger partial charge in [0.05, 0.1) is 0 Å². The first kappa shape index (κ1) is 18.4. The molecule has 0 saturated carbocycles. The summed E-state index contributed by atoms with van der Waals surface area (Å²) in [5.41, 5.74) is 2.38. The number of nitrogens with one attached hydrogen (secondary N) is 1. The van der Waals surface area contributed by atoms with E-state index in [1.54, 1.807) is 0 Å². The van der Waals surface area contributed by atoms with Gasteiger partial charge < -0.3 is 10.2 Å². The van der Waals surface area contributed by atoms with Crippen molar-refractivity contribution in [2.45, 2.75) is 58.4 Å². The Morgan fingerprint density at radius 3 is 2.85 bits per heavy atom. The van der Waals surface area contributed by atoms with Crippen molar-refractivity contribution in [2.75, 3.05) is 16.8 Å². The number of piperidine rings is 1. The third kappa shape index (κ3) is 4.03. The lowest BCUT2D eigenvalue weighted by Crippen LogP contribution is -2.39. The molecule has 5 heteroatoms. The van der Waals surface area contributed by atoms with Gasteiger partial charge in [-0.2, -0.15) is 0 Å². The number of benzene rings is 1. The van der Waals surface area contributed by atoms with Gasteiger partial charge in [-0.05, 0) is 43.2 Å². The van der Waals surface area contributed by atoms with Gasteiger partial charge in [-0.15, -0.1) is 0 Å². The van der Waals surface area contributed by atoms with Gasteiger partial charge in [0, 0.05) is 24.3 Å². The predicted molar refractivity (Wildman–Crippen MR) is 106 cm³/mol. The van der Waals surface area contributed by atoms with Gasteiger partial charge in [0.1, 0.15) is 17.8 Å². The van der Waals surface area contributed by atoms with Gasteiger partial charge in [-0.1, -0.05) is 39.0 Å². The number of amides is 1. The molecular weight excluding hydrogens is 324 g/mol. The molecule has 26 heavy (non-hydrogen) atoms. The molecule has 0 spiro atoms. The van der Waals surface area contributed by atoms with Crippen LogP contribution in [0.15, 0.2) is 36.7 Å². The van der Waals surface area contributed by atoms with Crippen LogP contribution in [0.4, 0.5) is 11.5 Å². The molecule has 1 fully saturated rings. The first-order valence-electron chi connectivity index (χ1n) is 9.59. The van der Waals surface area contributed by atoms with Crippen molar-refractivity contribution in [3.63, 3.8) is 0 Å². The number of rotatable bonds is 5. The van der Waals surface area contributed by atoms with E-state index in [0.717, 1.165) is 30.0 Å². The molecule has 0 aliphatic carbocycles. The Kier molecular flexibility index (Phi) is 5.86. The van der Waals surface area contributed by atoms with Crippen LogP contribution in [-0.2, 0) is 0 Å². The molecular formula is C21H28N4O. The largest absolute Gasteiger partial charge is 0.354 e. The molecule has 1 aliphatic rings. The molecule has 1 atom stereocenters. The van der Waals surface area contributed by atoms with E-state index in [9.17, 15) is 4.79 Å². The zero-order valence-electron chi connectivity index (χ0n) is 15.9. The highest BCUT2D eigenvalue weighted by molar-refractivity contribution is 6.03. The zero-order chi connectivity index (χ0) is 18.5. The maximum absolute atomic E-state index is 12.8. The van der Waals surface area contributed by atoms with Crippen molar-refractivity contribution in [2.24, 2.45) is 0 Å². The van der Waals surface area contributed by atoms with Crippen LogP contribution in [0, 0.1) is 0 Å². The number of aromatic nitrogens is 2. The van der Waals surface area contributed by atoms with Crippen LogP contribution in [0.3, 0.4) is 0 Å². The highest BCUT2D eigenvalue weighted by atomic mass is 16.1. The van der Waals surface area contributed by atoms with E-state index >= 15 is 0 Å². The van der Waals surface area contributed by atoms with E-state index in [4.69, 9.17) is 0 Å². The summed E-state index contributed by atoms with van der Waals surface area (Å²) in [4.78, 5) is 23.7. The van der Waals surface area contributed by atoms with Crippen LogP contribution < -0.4 is 10.2 Å². The monoisotopic (exact) mass is 352 g/mol.